The van der Waals surface area contributed by atoms with Gasteiger partial charge in [-0.25, -0.2) is 0 Å². The lowest BCUT2D eigenvalue weighted by Gasteiger charge is -2.14. The number of methoxy groups -OCH3 is 2. The number of hydrogen-bond donors (Lipinski definition) is 1. The lowest BCUT2D eigenvalue weighted by atomic mass is 10.00. The Balaban J connectivity index is 2.04. The SMILES string of the molecule is COc1ccc(CC(C)C(=O)Nc2cc(C)nn2C)cc1OC. The fourth-order valence-corrected chi connectivity index (χ4v) is 2.43. The molecular formula is C17H23N3O3. The first-order valence-electron chi connectivity index (χ1n) is 7.47. The fraction of sp³-hybridized carbons (Fsp3) is 0.412. The molecule has 0 spiro atoms. The number of amides is 1. The summed E-state index contributed by atoms with van der Waals surface area (Å²) in [5, 5.41) is 7.13. The topological polar surface area (TPSA) is 65.4 Å². The van der Waals surface area contributed by atoms with E-state index >= 15 is 0 Å². The second kappa shape index (κ2) is 7.17. The van der Waals surface area contributed by atoms with Gasteiger partial charge in [-0.15, -0.1) is 0 Å². The number of aryl methyl sites for hydroxylation is 2. The number of carbonyl (C=O) groups excluding carboxylic acids is 1. The quantitative estimate of drug-likeness (QED) is 0.889. The Hall–Kier alpha value is -2.50. The van der Waals surface area contributed by atoms with Crippen LogP contribution in [0.3, 0.4) is 0 Å². The van der Waals surface area contributed by atoms with Gasteiger partial charge in [0, 0.05) is 19.0 Å². The van der Waals surface area contributed by atoms with Gasteiger partial charge in [0.05, 0.1) is 19.9 Å². The molecule has 1 N–H and O–H groups in total. The van der Waals surface area contributed by atoms with Crippen LogP contribution in [0, 0.1) is 12.8 Å². The van der Waals surface area contributed by atoms with E-state index in [0.29, 0.717) is 23.7 Å². The molecule has 0 saturated heterocycles. The highest BCUT2D eigenvalue weighted by molar-refractivity contribution is 5.91. The van der Waals surface area contributed by atoms with Gasteiger partial charge >= 0.3 is 0 Å². The Morgan fingerprint density at radius 2 is 1.96 bits per heavy atom. The number of hydrogen-bond acceptors (Lipinski definition) is 4. The van der Waals surface area contributed by atoms with Crippen molar-refractivity contribution in [3.8, 4) is 11.5 Å². The van der Waals surface area contributed by atoms with Gasteiger partial charge in [-0.05, 0) is 31.0 Å². The molecule has 0 aliphatic carbocycles. The highest BCUT2D eigenvalue weighted by Crippen LogP contribution is 2.28. The second-order valence-corrected chi connectivity index (χ2v) is 5.58. The van der Waals surface area contributed by atoms with E-state index < -0.39 is 0 Å². The molecule has 1 heterocycles. The molecule has 1 unspecified atom stereocenters. The summed E-state index contributed by atoms with van der Waals surface area (Å²) < 4.78 is 12.2. The molecule has 0 aliphatic heterocycles. The van der Waals surface area contributed by atoms with Crippen LogP contribution >= 0.6 is 0 Å². The van der Waals surface area contributed by atoms with Gasteiger partial charge in [-0.2, -0.15) is 5.10 Å². The van der Waals surface area contributed by atoms with Crippen molar-refractivity contribution >= 4 is 11.7 Å². The van der Waals surface area contributed by atoms with Crippen molar-refractivity contribution in [3.05, 3.63) is 35.5 Å². The number of carbonyl (C=O) groups is 1. The minimum Gasteiger partial charge on any atom is -0.493 e. The predicted molar refractivity (Wildman–Crippen MR) is 89.0 cm³/mol. The van der Waals surface area contributed by atoms with E-state index in [0.717, 1.165) is 11.3 Å². The van der Waals surface area contributed by atoms with E-state index in [2.05, 4.69) is 10.4 Å². The van der Waals surface area contributed by atoms with E-state index in [1.54, 1.807) is 18.9 Å². The molecule has 2 aromatic rings. The van der Waals surface area contributed by atoms with Crippen LogP contribution in [-0.4, -0.2) is 29.9 Å². The third-order valence-electron chi connectivity index (χ3n) is 3.69. The summed E-state index contributed by atoms with van der Waals surface area (Å²) in [5.74, 6) is 1.83. The van der Waals surface area contributed by atoms with Crippen LogP contribution in [0.15, 0.2) is 24.3 Å². The molecule has 6 heteroatoms. The average molecular weight is 317 g/mol. The first-order chi connectivity index (χ1) is 10.9. The standard InChI is InChI=1S/C17H23N3O3/c1-11(17(21)18-16-9-12(2)19-20(16)3)8-13-6-7-14(22-4)15(10-13)23-5/h6-7,9-11H,8H2,1-5H3,(H,18,21). The van der Waals surface area contributed by atoms with Crippen LogP contribution < -0.4 is 14.8 Å². The second-order valence-electron chi connectivity index (χ2n) is 5.58. The normalized spacial score (nSPS) is 11.9. The lowest BCUT2D eigenvalue weighted by molar-refractivity contribution is -0.119. The van der Waals surface area contributed by atoms with Crippen LogP contribution in [0.2, 0.25) is 0 Å². The summed E-state index contributed by atoms with van der Waals surface area (Å²) in [6, 6.07) is 7.54. The van der Waals surface area contributed by atoms with Gasteiger partial charge in [0.25, 0.3) is 0 Å². The molecule has 124 valence electrons. The molecule has 1 atom stereocenters. The van der Waals surface area contributed by atoms with E-state index in [1.807, 2.05) is 45.2 Å². The number of aromatic nitrogens is 2. The highest BCUT2D eigenvalue weighted by Gasteiger charge is 2.16. The van der Waals surface area contributed by atoms with Crippen LogP contribution in [0.4, 0.5) is 5.82 Å². The molecule has 0 saturated carbocycles. The Kier molecular flexibility index (Phi) is 5.26. The van der Waals surface area contributed by atoms with Crippen molar-refractivity contribution in [1.29, 1.82) is 0 Å². The molecule has 0 aliphatic rings. The smallest absolute Gasteiger partial charge is 0.228 e. The Morgan fingerprint density at radius 3 is 2.52 bits per heavy atom. The molecule has 23 heavy (non-hydrogen) atoms. The average Bonchev–Trinajstić information content (AvgIpc) is 2.84. The first kappa shape index (κ1) is 16.9. The van der Waals surface area contributed by atoms with Crippen molar-refractivity contribution in [1.82, 2.24) is 9.78 Å². The van der Waals surface area contributed by atoms with Crippen LogP contribution in [-0.2, 0) is 18.3 Å². The third-order valence-corrected chi connectivity index (χ3v) is 3.69. The minimum atomic E-state index is -0.177. The van der Waals surface area contributed by atoms with Gasteiger partial charge < -0.3 is 14.8 Å². The number of ether oxygens (including phenoxy) is 2. The lowest BCUT2D eigenvalue weighted by Crippen LogP contribution is -2.23. The zero-order valence-electron chi connectivity index (χ0n) is 14.2. The van der Waals surface area contributed by atoms with E-state index in [9.17, 15) is 4.79 Å². The maximum Gasteiger partial charge on any atom is 0.228 e. The molecule has 0 radical (unpaired) electrons. The Labute approximate surface area is 136 Å². The molecule has 2 rings (SSSR count). The summed E-state index contributed by atoms with van der Waals surface area (Å²) in [6.07, 6.45) is 0.614. The van der Waals surface area contributed by atoms with E-state index in [1.165, 1.54) is 0 Å². The highest BCUT2D eigenvalue weighted by atomic mass is 16.5. The van der Waals surface area contributed by atoms with E-state index in [-0.39, 0.29) is 11.8 Å². The summed E-state index contributed by atoms with van der Waals surface area (Å²) in [6.45, 7) is 3.79. The van der Waals surface area contributed by atoms with Crippen molar-refractivity contribution < 1.29 is 14.3 Å². The summed E-state index contributed by atoms with van der Waals surface area (Å²) in [5.41, 5.74) is 1.89. The van der Waals surface area contributed by atoms with Gasteiger partial charge in [-0.3, -0.25) is 9.48 Å². The minimum absolute atomic E-state index is 0.0391. The van der Waals surface area contributed by atoms with Gasteiger partial charge in [0.15, 0.2) is 11.5 Å². The molecule has 1 aromatic heterocycles. The van der Waals surface area contributed by atoms with Crippen molar-refractivity contribution in [2.24, 2.45) is 13.0 Å². The van der Waals surface area contributed by atoms with Crippen LogP contribution in [0.1, 0.15) is 18.2 Å². The largest absolute Gasteiger partial charge is 0.493 e. The molecule has 1 aromatic carbocycles. The zero-order valence-corrected chi connectivity index (χ0v) is 14.2. The van der Waals surface area contributed by atoms with Gasteiger partial charge in [0.1, 0.15) is 5.82 Å². The number of rotatable bonds is 6. The molecule has 0 bridgehead atoms. The number of nitrogens with one attached hydrogen (secondary N) is 1. The van der Waals surface area contributed by atoms with Crippen LogP contribution in [0.25, 0.3) is 0 Å². The first-order valence-corrected chi connectivity index (χ1v) is 7.47. The summed E-state index contributed by atoms with van der Waals surface area (Å²) in [4.78, 5) is 12.3. The summed E-state index contributed by atoms with van der Waals surface area (Å²) in [7, 11) is 5.01. The zero-order chi connectivity index (χ0) is 17.0. The van der Waals surface area contributed by atoms with Crippen molar-refractivity contribution in [2.45, 2.75) is 20.3 Å². The molecular weight excluding hydrogens is 294 g/mol. The maximum absolute atomic E-state index is 12.3. The molecule has 1 amide bonds. The third kappa shape index (κ3) is 4.03. The molecule has 0 fully saturated rings. The fourth-order valence-electron chi connectivity index (χ4n) is 2.43. The van der Waals surface area contributed by atoms with Crippen molar-refractivity contribution in [3.63, 3.8) is 0 Å². The monoisotopic (exact) mass is 317 g/mol. The molecule has 6 nitrogen and oxygen atoms in total. The van der Waals surface area contributed by atoms with Gasteiger partial charge in [-0.1, -0.05) is 13.0 Å². The Morgan fingerprint density at radius 1 is 1.26 bits per heavy atom. The predicted octanol–water partition coefficient (Wildman–Crippen LogP) is 2.56. The van der Waals surface area contributed by atoms with Gasteiger partial charge in [0.2, 0.25) is 5.91 Å². The number of anilines is 1. The van der Waals surface area contributed by atoms with Crippen LogP contribution in [0.5, 0.6) is 11.5 Å². The number of nitrogens with zero attached hydrogens (tertiary/aromatic N) is 2. The summed E-state index contributed by atoms with van der Waals surface area (Å²) >= 11 is 0. The van der Waals surface area contributed by atoms with Crippen molar-refractivity contribution in [2.75, 3.05) is 19.5 Å². The van der Waals surface area contributed by atoms with E-state index in [4.69, 9.17) is 9.47 Å². The maximum atomic E-state index is 12.3. The Bertz CT molecular complexity index is 694. The number of benzene rings is 1.